The van der Waals surface area contributed by atoms with Gasteiger partial charge in [0.05, 0.1) is 11.7 Å². The van der Waals surface area contributed by atoms with Crippen molar-refractivity contribution in [2.75, 3.05) is 13.1 Å². The van der Waals surface area contributed by atoms with Gasteiger partial charge in [0.2, 0.25) is 0 Å². The van der Waals surface area contributed by atoms with Crippen LogP contribution in [-0.2, 0) is 4.74 Å². The molecule has 0 radical (unpaired) electrons. The smallest absolute Gasteiger partial charge is 0.124 e. The molecule has 1 aliphatic carbocycles. The number of hydrogen-bond acceptors (Lipinski definition) is 2. The van der Waals surface area contributed by atoms with Gasteiger partial charge in [0.25, 0.3) is 0 Å². The minimum absolute atomic E-state index is 0.0428. The van der Waals surface area contributed by atoms with Crippen LogP contribution in [0.3, 0.4) is 0 Å². The summed E-state index contributed by atoms with van der Waals surface area (Å²) in [5, 5.41) is 3.92. The number of halogens is 2. The van der Waals surface area contributed by atoms with Crippen molar-refractivity contribution < 1.29 is 9.13 Å². The van der Waals surface area contributed by atoms with Gasteiger partial charge < -0.3 is 10.1 Å². The summed E-state index contributed by atoms with van der Waals surface area (Å²) >= 11 is 6.14. The highest BCUT2D eigenvalue weighted by atomic mass is 35.5. The molecule has 2 fully saturated rings. The van der Waals surface area contributed by atoms with E-state index in [2.05, 4.69) is 5.32 Å². The van der Waals surface area contributed by atoms with Crippen molar-refractivity contribution in [2.45, 2.75) is 43.8 Å². The van der Waals surface area contributed by atoms with E-state index in [0.717, 1.165) is 31.5 Å². The highest BCUT2D eigenvalue weighted by Crippen LogP contribution is 2.39. The normalized spacial score (nSPS) is 26.5. The fourth-order valence-corrected chi connectivity index (χ4v) is 3.53. The summed E-state index contributed by atoms with van der Waals surface area (Å²) in [6.07, 6.45) is 5.90. The number of ether oxygens (including phenoxy) is 1. The maximum Gasteiger partial charge on any atom is 0.124 e. The lowest BCUT2D eigenvalue weighted by Gasteiger charge is -2.44. The average molecular weight is 284 g/mol. The lowest BCUT2D eigenvalue weighted by atomic mass is 9.83. The van der Waals surface area contributed by atoms with E-state index in [9.17, 15) is 4.39 Å². The summed E-state index contributed by atoms with van der Waals surface area (Å²) in [6.45, 7) is 1.66. The topological polar surface area (TPSA) is 21.3 Å². The van der Waals surface area contributed by atoms with Crippen molar-refractivity contribution in [1.29, 1.82) is 0 Å². The third-order valence-corrected chi connectivity index (χ3v) is 4.57. The molecule has 0 bridgehead atoms. The molecule has 19 heavy (non-hydrogen) atoms. The van der Waals surface area contributed by atoms with Gasteiger partial charge in [0.1, 0.15) is 5.82 Å². The van der Waals surface area contributed by atoms with Gasteiger partial charge in [0.15, 0.2) is 0 Å². The number of nitrogens with one attached hydrogen (secondary N) is 1. The van der Waals surface area contributed by atoms with Gasteiger partial charge in [-0.15, -0.1) is 0 Å². The van der Waals surface area contributed by atoms with Crippen molar-refractivity contribution in [1.82, 2.24) is 5.32 Å². The quantitative estimate of drug-likeness (QED) is 0.845. The van der Waals surface area contributed by atoms with Gasteiger partial charge >= 0.3 is 0 Å². The van der Waals surface area contributed by atoms with Crippen molar-refractivity contribution in [3.63, 3.8) is 0 Å². The molecule has 1 aromatic carbocycles. The van der Waals surface area contributed by atoms with Gasteiger partial charge in [-0.05, 0) is 25.0 Å². The molecule has 0 aromatic heterocycles. The Kier molecular flexibility index (Phi) is 3.79. The molecule has 1 saturated carbocycles. The second-order valence-corrected chi connectivity index (χ2v) is 6.05. The SMILES string of the molecule is Fc1ccc(C2CNCC3(CCCCC3)O2)c(Cl)c1. The Morgan fingerprint density at radius 2 is 2.05 bits per heavy atom. The van der Waals surface area contributed by atoms with Crippen LogP contribution < -0.4 is 5.32 Å². The molecule has 1 heterocycles. The molecule has 4 heteroatoms. The van der Waals surface area contributed by atoms with Crippen LogP contribution in [0.4, 0.5) is 4.39 Å². The van der Waals surface area contributed by atoms with Crippen LogP contribution in [0.1, 0.15) is 43.8 Å². The zero-order chi connectivity index (χ0) is 13.3. The predicted octanol–water partition coefficient (Wildman–Crippen LogP) is 3.84. The molecule has 2 nitrogen and oxygen atoms in total. The molecule has 1 unspecified atom stereocenters. The average Bonchev–Trinajstić information content (AvgIpc) is 2.39. The van der Waals surface area contributed by atoms with Crippen LogP contribution in [-0.4, -0.2) is 18.7 Å². The van der Waals surface area contributed by atoms with E-state index in [1.807, 2.05) is 0 Å². The van der Waals surface area contributed by atoms with Gasteiger partial charge in [0, 0.05) is 23.7 Å². The van der Waals surface area contributed by atoms with Crippen LogP contribution in [0.5, 0.6) is 0 Å². The Labute approximate surface area is 118 Å². The highest BCUT2D eigenvalue weighted by molar-refractivity contribution is 6.31. The van der Waals surface area contributed by atoms with Crippen molar-refractivity contribution >= 4 is 11.6 Å². The van der Waals surface area contributed by atoms with Crippen molar-refractivity contribution in [3.8, 4) is 0 Å². The fraction of sp³-hybridized carbons (Fsp3) is 0.600. The van der Waals surface area contributed by atoms with Crippen molar-refractivity contribution in [2.24, 2.45) is 0 Å². The summed E-state index contributed by atoms with van der Waals surface area (Å²) in [6, 6.07) is 4.56. The number of benzene rings is 1. The first kappa shape index (κ1) is 13.3. The Bertz CT molecular complexity index is 454. The van der Waals surface area contributed by atoms with Crippen molar-refractivity contribution in [3.05, 3.63) is 34.6 Å². The van der Waals surface area contributed by atoms with Gasteiger partial charge in [-0.3, -0.25) is 0 Å². The number of hydrogen-bond donors (Lipinski definition) is 1. The minimum atomic E-state index is -0.301. The van der Waals surface area contributed by atoms with E-state index in [-0.39, 0.29) is 17.5 Å². The zero-order valence-electron chi connectivity index (χ0n) is 10.9. The molecular formula is C15H19ClFNO. The summed E-state index contributed by atoms with van der Waals surface area (Å²) in [7, 11) is 0. The first-order chi connectivity index (χ1) is 9.19. The lowest BCUT2D eigenvalue weighted by Crippen LogP contribution is -2.51. The van der Waals surface area contributed by atoms with E-state index < -0.39 is 0 Å². The monoisotopic (exact) mass is 283 g/mol. The largest absolute Gasteiger partial charge is 0.364 e. The van der Waals surface area contributed by atoms with E-state index in [4.69, 9.17) is 16.3 Å². The molecular weight excluding hydrogens is 265 g/mol. The molecule has 104 valence electrons. The molecule has 1 saturated heterocycles. The van der Waals surface area contributed by atoms with Crippen LogP contribution in [0.2, 0.25) is 5.02 Å². The van der Waals surface area contributed by atoms with E-state index in [1.54, 1.807) is 6.07 Å². The Morgan fingerprint density at radius 1 is 1.26 bits per heavy atom. The van der Waals surface area contributed by atoms with Gasteiger partial charge in [-0.2, -0.15) is 0 Å². The molecule has 1 spiro atoms. The highest BCUT2D eigenvalue weighted by Gasteiger charge is 2.39. The minimum Gasteiger partial charge on any atom is -0.364 e. The molecule has 1 N–H and O–H groups in total. The van der Waals surface area contributed by atoms with E-state index in [0.29, 0.717) is 5.02 Å². The van der Waals surface area contributed by atoms with E-state index >= 15 is 0 Å². The lowest BCUT2D eigenvalue weighted by molar-refractivity contribution is -0.135. The second-order valence-electron chi connectivity index (χ2n) is 5.65. The standard InChI is InChI=1S/C15H19ClFNO/c16-13-8-11(17)4-5-12(13)14-9-18-10-15(19-14)6-2-1-3-7-15/h4-5,8,14,18H,1-3,6-7,9-10H2. The maximum atomic E-state index is 13.1. The van der Waals surface area contributed by atoms with Crippen LogP contribution in [0.25, 0.3) is 0 Å². The molecule has 1 aliphatic heterocycles. The fourth-order valence-electron chi connectivity index (χ4n) is 3.24. The Hall–Kier alpha value is -0.640. The molecule has 1 atom stereocenters. The maximum absolute atomic E-state index is 13.1. The third kappa shape index (κ3) is 2.78. The molecule has 0 amide bonds. The summed E-state index contributed by atoms with van der Waals surface area (Å²) in [5.74, 6) is -0.301. The van der Waals surface area contributed by atoms with E-state index in [1.165, 1.54) is 31.4 Å². The predicted molar refractivity (Wildman–Crippen MR) is 73.9 cm³/mol. The summed E-state index contributed by atoms with van der Waals surface area (Å²) in [4.78, 5) is 0. The number of morpholine rings is 1. The zero-order valence-corrected chi connectivity index (χ0v) is 11.7. The van der Waals surface area contributed by atoms with Crippen LogP contribution in [0, 0.1) is 5.82 Å². The molecule has 2 aliphatic rings. The second kappa shape index (κ2) is 5.39. The molecule has 1 aromatic rings. The van der Waals surface area contributed by atoms with Crippen LogP contribution in [0.15, 0.2) is 18.2 Å². The molecule has 3 rings (SSSR count). The Balaban J connectivity index is 1.81. The number of rotatable bonds is 1. The summed E-state index contributed by atoms with van der Waals surface area (Å²) < 4.78 is 19.5. The van der Waals surface area contributed by atoms with Gasteiger partial charge in [-0.25, -0.2) is 4.39 Å². The van der Waals surface area contributed by atoms with Gasteiger partial charge in [-0.1, -0.05) is 36.9 Å². The first-order valence-corrected chi connectivity index (χ1v) is 7.40. The Morgan fingerprint density at radius 3 is 2.79 bits per heavy atom. The first-order valence-electron chi connectivity index (χ1n) is 7.02. The van der Waals surface area contributed by atoms with Crippen LogP contribution >= 0.6 is 11.6 Å². The summed E-state index contributed by atoms with van der Waals surface area (Å²) in [5.41, 5.74) is 0.846. The third-order valence-electron chi connectivity index (χ3n) is 4.24.